The SMILES string of the molecule is O=C([O-])[O-].[O]=[Bi+2]. The molecule has 0 aromatic heterocycles. The maximum atomic E-state index is 8.36. The van der Waals surface area contributed by atoms with Gasteiger partial charge in [0.1, 0.15) is 0 Å². The summed E-state index contributed by atoms with van der Waals surface area (Å²) in [5.41, 5.74) is 0. The van der Waals surface area contributed by atoms with Crippen molar-refractivity contribution in [3.05, 3.63) is 0 Å². The standard InChI is InChI=1S/CH2O3.Bi.O/c2-1(3)4;;/h(H2,2,3,4);;/q;+2;/p-2. The van der Waals surface area contributed by atoms with Crippen LogP contribution in [0.2, 0.25) is 0 Å². The van der Waals surface area contributed by atoms with Gasteiger partial charge in [0.05, 0.1) is 0 Å². The van der Waals surface area contributed by atoms with E-state index in [1.54, 1.807) is 0 Å². The average molecular weight is 285 g/mol. The van der Waals surface area contributed by atoms with Crippen LogP contribution >= 0.6 is 0 Å². The Kier molecular flexibility index (Phi) is 13.8. The number of carboxylic acid groups (broad SMARTS) is 2. The third-order valence-corrected chi connectivity index (χ3v) is 0. The molecule has 0 spiro atoms. The maximum absolute atomic E-state index is 8.36. The molecule has 0 N–H and O–H groups in total. The van der Waals surface area contributed by atoms with E-state index in [1.807, 2.05) is 0 Å². The Hall–Kier alpha value is -0.0469. The van der Waals surface area contributed by atoms with Crippen molar-refractivity contribution in [2.75, 3.05) is 0 Å². The van der Waals surface area contributed by atoms with Gasteiger partial charge in [-0.3, -0.25) is 0 Å². The van der Waals surface area contributed by atoms with Gasteiger partial charge in [-0.2, -0.15) is 0 Å². The van der Waals surface area contributed by atoms with Crippen molar-refractivity contribution >= 4 is 30.9 Å². The van der Waals surface area contributed by atoms with E-state index in [0.717, 1.165) is 0 Å². The molecule has 6 heavy (non-hydrogen) atoms. The summed E-state index contributed by atoms with van der Waals surface area (Å²) in [5.74, 6) is 0. The zero-order valence-electron chi connectivity index (χ0n) is 2.58. The van der Waals surface area contributed by atoms with Gasteiger partial charge in [-0.15, -0.1) is 0 Å². The van der Waals surface area contributed by atoms with Crippen LogP contribution in [0.25, 0.3) is 0 Å². The summed E-state index contributed by atoms with van der Waals surface area (Å²) in [6.45, 7) is 0. The third-order valence-electron chi connectivity index (χ3n) is 0. The van der Waals surface area contributed by atoms with Crippen LogP contribution in [0.1, 0.15) is 0 Å². The number of carbonyl (C=O) groups excluding carboxylic acids is 1. The molecule has 0 fully saturated rings. The molecule has 0 saturated carbocycles. The molecule has 0 aromatic carbocycles. The molecule has 0 rings (SSSR count). The van der Waals surface area contributed by atoms with Gasteiger partial charge in [0, 0.05) is 0 Å². The fourth-order valence-corrected chi connectivity index (χ4v) is 0. The predicted octanol–water partition coefficient (Wildman–Crippen LogP) is -2.95. The second-order valence-corrected chi connectivity index (χ2v) is 0.250. The Bertz CT molecular complexity index is 38.8. The van der Waals surface area contributed by atoms with Gasteiger partial charge in [0.2, 0.25) is 0 Å². The van der Waals surface area contributed by atoms with Gasteiger partial charge >= 0.3 is 27.5 Å². The molecule has 5 heteroatoms. The van der Waals surface area contributed by atoms with Gasteiger partial charge in [0.15, 0.2) is 0 Å². The van der Waals surface area contributed by atoms with Gasteiger partial charge < -0.3 is 15.0 Å². The van der Waals surface area contributed by atoms with Crippen molar-refractivity contribution in [1.29, 1.82) is 0 Å². The monoisotopic (exact) mass is 285 g/mol. The molecule has 0 bridgehead atoms. The molecule has 0 saturated heterocycles. The summed E-state index contributed by atoms with van der Waals surface area (Å²) < 4.78 is 8.36. The van der Waals surface area contributed by atoms with Crippen LogP contribution in [-0.4, -0.2) is 30.9 Å². The first-order chi connectivity index (χ1) is 2.73. The minimum absolute atomic E-state index is 0.194. The zero-order valence-corrected chi connectivity index (χ0v) is 6.06. The molecule has 0 aliphatic rings. The van der Waals surface area contributed by atoms with Gasteiger partial charge in [0.25, 0.3) is 0 Å². The summed E-state index contributed by atoms with van der Waals surface area (Å²) in [5, 5.41) is 16.7. The Morgan fingerprint density at radius 3 is 1.33 bits per heavy atom. The van der Waals surface area contributed by atoms with E-state index in [9.17, 15) is 0 Å². The summed E-state index contributed by atoms with van der Waals surface area (Å²) in [7, 11) is 0. The Labute approximate surface area is 49.1 Å². The summed E-state index contributed by atoms with van der Waals surface area (Å²) >= 11 is 0.194. The predicted molar refractivity (Wildman–Crippen MR) is 11.8 cm³/mol. The first-order valence-electron chi connectivity index (χ1n) is 0.795. The number of hydrogen-bond acceptors (Lipinski definition) is 4. The number of carbonyl (C=O) groups is 1. The molecule has 4 nitrogen and oxygen atoms in total. The van der Waals surface area contributed by atoms with E-state index in [0.29, 0.717) is 0 Å². The first-order valence-corrected chi connectivity index (χ1v) is 2.21. The third kappa shape index (κ3) is 15700. The summed E-state index contributed by atoms with van der Waals surface area (Å²) in [4.78, 5) is 8.33. The van der Waals surface area contributed by atoms with Crippen molar-refractivity contribution in [1.82, 2.24) is 0 Å². The first kappa shape index (κ1) is 9.35. The second kappa shape index (κ2) is 8.88. The van der Waals surface area contributed by atoms with Crippen molar-refractivity contribution in [3.8, 4) is 0 Å². The molecular weight excluding hydrogens is 285 g/mol. The molecule has 0 aliphatic carbocycles. The Morgan fingerprint density at radius 2 is 1.33 bits per heavy atom. The Balaban J connectivity index is 0. The summed E-state index contributed by atoms with van der Waals surface area (Å²) in [6.07, 6.45) is -2.33. The molecule has 0 heterocycles. The molecule has 1 radical (unpaired) electrons. The van der Waals surface area contributed by atoms with Crippen LogP contribution in [0.3, 0.4) is 0 Å². The zero-order chi connectivity index (χ0) is 5.58. The van der Waals surface area contributed by atoms with Crippen LogP contribution in [-0.2, 0) is 2.81 Å². The Morgan fingerprint density at radius 1 is 1.33 bits per heavy atom. The van der Waals surface area contributed by atoms with Crippen LogP contribution in [0.4, 0.5) is 4.79 Å². The molecule has 0 amide bonds. The number of rotatable bonds is 0. The van der Waals surface area contributed by atoms with E-state index in [-0.39, 0.29) is 24.7 Å². The van der Waals surface area contributed by atoms with Crippen molar-refractivity contribution in [2.45, 2.75) is 0 Å². The molecule has 0 atom stereocenters. The minimum atomic E-state index is -2.33. The van der Waals surface area contributed by atoms with Crippen LogP contribution < -0.4 is 10.2 Å². The van der Waals surface area contributed by atoms with Crippen molar-refractivity contribution < 1.29 is 17.8 Å². The molecular formula is CBiO4. The van der Waals surface area contributed by atoms with Gasteiger partial charge in [-0.25, -0.2) is 0 Å². The second-order valence-electron chi connectivity index (χ2n) is 0.250. The summed E-state index contributed by atoms with van der Waals surface area (Å²) in [6, 6.07) is 0. The normalized spacial score (nSPS) is 4.50. The van der Waals surface area contributed by atoms with Crippen molar-refractivity contribution in [2.24, 2.45) is 0 Å². The van der Waals surface area contributed by atoms with E-state index < -0.39 is 6.16 Å². The van der Waals surface area contributed by atoms with E-state index >= 15 is 0 Å². The van der Waals surface area contributed by atoms with Gasteiger partial charge in [-0.05, 0) is 6.16 Å². The molecule has 0 aliphatic heterocycles. The fourth-order valence-electron chi connectivity index (χ4n) is 0. The fraction of sp³-hybridized carbons (Fsp3) is 0. The average Bonchev–Trinajstić information content (AvgIpc) is 1.41. The molecule has 0 unspecified atom stereocenters. The van der Waals surface area contributed by atoms with E-state index in [4.69, 9.17) is 17.8 Å². The van der Waals surface area contributed by atoms with Crippen molar-refractivity contribution in [3.63, 3.8) is 0 Å². The number of hydrogen-bond donors (Lipinski definition) is 0. The van der Waals surface area contributed by atoms with E-state index in [1.165, 1.54) is 0 Å². The molecule has 0 aromatic rings. The topological polar surface area (TPSA) is 80.3 Å². The van der Waals surface area contributed by atoms with Crippen LogP contribution in [0.5, 0.6) is 0 Å². The van der Waals surface area contributed by atoms with Crippen LogP contribution in [0.15, 0.2) is 0 Å². The molecule has 33 valence electrons. The van der Waals surface area contributed by atoms with E-state index in [2.05, 4.69) is 0 Å². The quantitative estimate of drug-likeness (QED) is 0.446. The van der Waals surface area contributed by atoms with Gasteiger partial charge in [-0.1, -0.05) is 0 Å². The van der Waals surface area contributed by atoms with Crippen LogP contribution in [0, 0.1) is 0 Å².